The summed E-state index contributed by atoms with van der Waals surface area (Å²) in [6.07, 6.45) is 8.60. The fraction of sp³-hybridized carbons (Fsp3) is 0.636. The number of ether oxygens (including phenoxy) is 2. The predicted octanol–water partition coefficient (Wildman–Crippen LogP) is 5.00. The summed E-state index contributed by atoms with van der Waals surface area (Å²) in [6.45, 7) is 3.17. The second kappa shape index (κ2) is 9.32. The Morgan fingerprint density at radius 3 is 2.48 bits per heavy atom. The van der Waals surface area contributed by atoms with E-state index in [1.807, 2.05) is 0 Å². The van der Waals surface area contributed by atoms with Crippen LogP contribution in [0.3, 0.4) is 0 Å². The molecule has 0 radical (unpaired) electrons. The quantitative estimate of drug-likeness (QED) is 0.538. The number of carbonyl (C=O) groups is 1. The fourth-order valence-electron chi connectivity index (χ4n) is 4.08. The Morgan fingerprint density at radius 1 is 1.15 bits per heavy atom. The molecule has 1 aromatic carbocycles. The van der Waals surface area contributed by atoms with Gasteiger partial charge >= 0.3 is 5.97 Å². The maximum absolute atomic E-state index is 13.6. The Bertz CT molecular complexity index is 683. The molecule has 1 aromatic rings. The lowest BCUT2D eigenvalue weighted by Crippen LogP contribution is -2.30. The van der Waals surface area contributed by atoms with E-state index in [1.165, 1.54) is 37.8 Å². The van der Waals surface area contributed by atoms with E-state index in [1.54, 1.807) is 6.07 Å². The van der Waals surface area contributed by atoms with Crippen LogP contribution in [0.25, 0.3) is 0 Å². The van der Waals surface area contributed by atoms with Gasteiger partial charge in [-0.2, -0.15) is 5.26 Å². The summed E-state index contributed by atoms with van der Waals surface area (Å²) >= 11 is 0. The molecule has 0 atom stereocenters. The smallest absolute Gasteiger partial charge is 0.314 e. The topological polar surface area (TPSA) is 59.3 Å². The van der Waals surface area contributed by atoms with E-state index in [2.05, 4.69) is 6.92 Å². The average Bonchev–Trinajstić information content (AvgIpc) is 2.68. The van der Waals surface area contributed by atoms with Crippen molar-refractivity contribution in [1.82, 2.24) is 0 Å². The Labute approximate surface area is 160 Å². The second-order valence-corrected chi connectivity index (χ2v) is 8.11. The summed E-state index contributed by atoms with van der Waals surface area (Å²) in [7, 11) is 0. The van der Waals surface area contributed by atoms with Crippen molar-refractivity contribution >= 4 is 5.97 Å². The summed E-state index contributed by atoms with van der Waals surface area (Å²) in [5.41, 5.74) is -0.0557. The summed E-state index contributed by atoms with van der Waals surface area (Å²) < 4.78 is 25.0. The first-order valence-corrected chi connectivity index (χ1v) is 10.1. The molecule has 0 unspecified atom stereocenters. The molecule has 0 heterocycles. The number of hydrogen-bond donors (Lipinski definition) is 0. The van der Waals surface area contributed by atoms with Crippen molar-refractivity contribution in [2.45, 2.75) is 64.4 Å². The molecule has 0 aliphatic heterocycles. The Kier molecular flexibility index (Phi) is 6.84. The standard InChI is InChI=1S/C22H28FNO3/c1-15-2-4-16(5-3-15)14-26-19-9-6-17(7-10-19)22(25)27-20-11-8-18(13-24)21(23)12-20/h8,11-12,15-17,19H,2-7,9-10,14H2,1H3. The monoisotopic (exact) mass is 373 g/mol. The van der Waals surface area contributed by atoms with Gasteiger partial charge < -0.3 is 9.47 Å². The lowest BCUT2D eigenvalue weighted by Gasteiger charge is -2.31. The molecule has 4 nitrogen and oxygen atoms in total. The molecule has 27 heavy (non-hydrogen) atoms. The molecule has 2 saturated carbocycles. The van der Waals surface area contributed by atoms with E-state index >= 15 is 0 Å². The molecule has 0 spiro atoms. The van der Waals surface area contributed by atoms with Gasteiger partial charge in [0.25, 0.3) is 0 Å². The highest BCUT2D eigenvalue weighted by molar-refractivity contribution is 5.75. The maximum atomic E-state index is 13.6. The number of nitriles is 1. The van der Waals surface area contributed by atoms with Gasteiger partial charge in [0.1, 0.15) is 17.6 Å². The molecule has 2 aliphatic rings. The molecule has 2 aliphatic carbocycles. The Morgan fingerprint density at radius 2 is 1.85 bits per heavy atom. The Hall–Kier alpha value is -1.93. The summed E-state index contributed by atoms with van der Waals surface area (Å²) in [6, 6.07) is 5.63. The van der Waals surface area contributed by atoms with Crippen molar-refractivity contribution in [3.05, 3.63) is 29.6 Å². The normalized spacial score (nSPS) is 28.3. The largest absolute Gasteiger partial charge is 0.426 e. The SMILES string of the molecule is CC1CCC(COC2CCC(C(=O)Oc3ccc(C#N)c(F)c3)CC2)CC1. The van der Waals surface area contributed by atoms with Crippen molar-refractivity contribution in [3.8, 4) is 11.8 Å². The van der Waals surface area contributed by atoms with Crippen molar-refractivity contribution in [3.63, 3.8) is 0 Å². The van der Waals surface area contributed by atoms with Crippen LogP contribution in [0.1, 0.15) is 63.9 Å². The number of halogens is 1. The van der Waals surface area contributed by atoms with Crippen molar-refractivity contribution < 1.29 is 18.7 Å². The molecule has 0 saturated heterocycles. The maximum Gasteiger partial charge on any atom is 0.314 e. The van der Waals surface area contributed by atoms with E-state index in [0.717, 1.165) is 44.3 Å². The van der Waals surface area contributed by atoms with Crippen LogP contribution < -0.4 is 4.74 Å². The highest BCUT2D eigenvalue weighted by atomic mass is 19.1. The first-order valence-electron chi connectivity index (χ1n) is 10.1. The molecule has 3 rings (SSSR count). The van der Waals surface area contributed by atoms with Crippen LogP contribution in [0.2, 0.25) is 0 Å². The molecule has 146 valence electrons. The van der Waals surface area contributed by atoms with Crippen LogP contribution >= 0.6 is 0 Å². The summed E-state index contributed by atoms with van der Waals surface area (Å²) in [4.78, 5) is 12.3. The fourth-order valence-corrected chi connectivity index (χ4v) is 4.08. The second-order valence-electron chi connectivity index (χ2n) is 8.11. The predicted molar refractivity (Wildman–Crippen MR) is 99.6 cm³/mol. The number of hydrogen-bond acceptors (Lipinski definition) is 4. The molecular weight excluding hydrogens is 345 g/mol. The number of carbonyl (C=O) groups excluding carboxylic acids is 1. The van der Waals surface area contributed by atoms with Gasteiger partial charge in [-0.1, -0.05) is 19.8 Å². The average molecular weight is 373 g/mol. The molecule has 5 heteroatoms. The van der Waals surface area contributed by atoms with Crippen LogP contribution in [0.4, 0.5) is 4.39 Å². The van der Waals surface area contributed by atoms with Crippen LogP contribution in [0.5, 0.6) is 5.75 Å². The van der Waals surface area contributed by atoms with Gasteiger partial charge in [0, 0.05) is 12.7 Å². The van der Waals surface area contributed by atoms with Crippen molar-refractivity contribution in [2.75, 3.05) is 6.61 Å². The van der Waals surface area contributed by atoms with Gasteiger partial charge in [0.15, 0.2) is 0 Å². The summed E-state index contributed by atoms with van der Waals surface area (Å²) in [5.74, 6) is 0.541. The van der Waals surface area contributed by atoms with Crippen LogP contribution in [-0.2, 0) is 9.53 Å². The number of nitrogens with zero attached hydrogens (tertiary/aromatic N) is 1. The van der Waals surface area contributed by atoms with Crippen molar-refractivity contribution in [2.24, 2.45) is 17.8 Å². The zero-order valence-electron chi connectivity index (χ0n) is 16.0. The molecule has 2 fully saturated rings. The van der Waals surface area contributed by atoms with Gasteiger partial charge in [-0.25, -0.2) is 4.39 Å². The Balaban J connectivity index is 1.40. The number of esters is 1. The third-order valence-corrected chi connectivity index (χ3v) is 5.99. The number of benzene rings is 1. The van der Waals surface area contributed by atoms with Crippen molar-refractivity contribution in [1.29, 1.82) is 5.26 Å². The lowest BCUT2D eigenvalue weighted by atomic mass is 9.83. The number of rotatable bonds is 5. The third-order valence-electron chi connectivity index (χ3n) is 5.99. The van der Waals surface area contributed by atoms with Crippen LogP contribution in [-0.4, -0.2) is 18.7 Å². The third kappa shape index (κ3) is 5.52. The molecule has 0 bridgehead atoms. The zero-order chi connectivity index (χ0) is 19.2. The van der Waals surface area contributed by atoms with Gasteiger partial charge in [-0.3, -0.25) is 4.79 Å². The van der Waals surface area contributed by atoms with Crippen LogP contribution in [0, 0.1) is 34.9 Å². The van der Waals surface area contributed by atoms with E-state index in [4.69, 9.17) is 14.7 Å². The van der Waals surface area contributed by atoms with Gasteiger partial charge in [-0.15, -0.1) is 0 Å². The minimum absolute atomic E-state index is 0.0557. The van der Waals surface area contributed by atoms with Gasteiger partial charge in [0.05, 0.1) is 17.6 Å². The first kappa shape index (κ1) is 19.8. The molecule has 0 aromatic heterocycles. The zero-order valence-corrected chi connectivity index (χ0v) is 16.0. The van der Waals surface area contributed by atoms with E-state index in [9.17, 15) is 9.18 Å². The first-order chi connectivity index (χ1) is 13.0. The van der Waals surface area contributed by atoms with E-state index in [-0.39, 0.29) is 29.3 Å². The van der Waals surface area contributed by atoms with E-state index < -0.39 is 5.82 Å². The van der Waals surface area contributed by atoms with Crippen LogP contribution in [0.15, 0.2) is 18.2 Å². The minimum atomic E-state index is -0.669. The van der Waals surface area contributed by atoms with E-state index in [0.29, 0.717) is 5.92 Å². The highest BCUT2D eigenvalue weighted by Crippen LogP contribution is 2.31. The van der Waals surface area contributed by atoms with Gasteiger partial charge in [-0.05, 0) is 62.5 Å². The van der Waals surface area contributed by atoms with Gasteiger partial charge in [0.2, 0.25) is 0 Å². The lowest BCUT2D eigenvalue weighted by molar-refractivity contribution is -0.141. The molecule has 0 N–H and O–H groups in total. The molecular formula is C22H28FNO3. The summed E-state index contributed by atoms with van der Waals surface area (Å²) in [5, 5.41) is 8.75. The molecule has 0 amide bonds. The minimum Gasteiger partial charge on any atom is -0.426 e. The highest BCUT2D eigenvalue weighted by Gasteiger charge is 2.29.